The standard InChI is InChI=1S/C14H14N4O4S/c1-16-7-14(11(19)15-13(23)17(2)12(14)20)6-8-5-9(18(21)22)3-4-10(8)16/h3-5H,6-7H2,1-2H3,(H,15,19,23)/t14-/m0/s1. The quantitative estimate of drug-likeness (QED) is 0.347. The van der Waals surface area contributed by atoms with Gasteiger partial charge < -0.3 is 10.2 Å². The number of hydrogen-bond donors (Lipinski definition) is 1. The highest BCUT2D eigenvalue weighted by atomic mass is 32.1. The molecular weight excluding hydrogens is 320 g/mol. The molecule has 1 N–H and O–H groups in total. The minimum absolute atomic E-state index is 0.0677. The highest BCUT2D eigenvalue weighted by Crippen LogP contribution is 2.40. The molecule has 0 radical (unpaired) electrons. The Labute approximate surface area is 137 Å². The minimum atomic E-state index is -1.33. The molecule has 0 unspecified atom stereocenters. The zero-order chi connectivity index (χ0) is 16.9. The molecule has 1 fully saturated rings. The monoisotopic (exact) mass is 334 g/mol. The van der Waals surface area contributed by atoms with Gasteiger partial charge in [-0.15, -0.1) is 0 Å². The van der Waals surface area contributed by atoms with E-state index < -0.39 is 22.2 Å². The van der Waals surface area contributed by atoms with Gasteiger partial charge in [-0.1, -0.05) is 0 Å². The molecule has 8 nitrogen and oxygen atoms in total. The average Bonchev–Trinajstić information content (AvgIpc) is 2.51. The van der Waals surface area contributed by atoms with E-state index >= 15 is 0 Å². The molecule has 2 aliphatic heterocycles. The van der Waals surface area contributed by atoms with Crippen molar-refractivity contribution in [2.75, 3.05) is 25.5 Å². The highest BCUT2D eigenvalue weighted by Gasteiger charge is 2.54. The summed E-state index contributed by atoms with van der Waals surface area (Å²) >= 11 is 4.97. The number of hydrogen-bond acceptors (Lipinski definition) is 6. The van der Waals surface area contributed by atoms with Crippen LogP contribution in [0.15, 0.2) is 18.2 Å². The van der Waals surface area contributed by atoms with Gasteiger partial charge in [0.2, 0.25) is 11.8 Å². The molecule has 2 amide bonds. The van der Waals surface area contributed by atoms with Crippen molar-refractivity contribution in [3.63, 3.8) is 0 Å². The molecule has 0 saturated carbocycles. The maximum absolute atomic E-state index is 12.7. The number of carbonyl (C=O) groups excluding carboxylic acids is 2. The largest absolute Gasteiger partial charge is 0.373 e. The summed E-state index contributed by atoms with van der Waals surface area (Å²) in [5.41, 5.74) is -0.0226. The smallest absolute Gasteiger partial charge is 0.269 e. The lowest BCUT2D eigenvalue weighted by Crippen LogP contribution is -2.67. The van der Waals surface area contributed by atoms with E-state index in [9.17, 15) is 19.7 Å². The Hall–Kier alpha value is -2.55. The molecule has 3 rings (SSSR count). The lowest BCUT2D eigenvalue weighted by Gasteiger charge is -2.45. The van der Waals surface area contributed by atoms with E-state index in [-0.39, 0.29) is 23.8 Å². The van der Waals surface area contributed by atoms with Crippen molar-refractivity contribution < 1.29 is 14.5 Å². The Kier molecular flexibility index (Phi) is 3.33. The fourth-order valence-corrected chi connectivity index (χ4v) is 3.35. The lowest BCUT2D eigenvalue weighted by atomic mass is 9.74. The zero-order valence-electron chi connectivity index (χ0n) is 12.5. The number of benzene rings is 1. The summed E-state index contributed by atoms with van der Waals surface area (Å²) in [5, 5.41) is 13.6. The van der Waals surface area contributed by atoms with E-state index in [0.717, 1.165) is 5.69 Å². The van der Waals surface area contributed by atoms with Gasteiger partial charge in [0.15, 0.2) is 5.11 Å². The van der Waals surface area contributed by atoms with E-state index in [2.05, 4.69) is 5.32 Å². The first-order valence-corrected chi connectivity index (χ1v) is 7.29. The van der Waals surface area contributed by atoms with E-state index in [1.807, 2.05) is 0 Å². The van der Waals surface area contributed by atoms with Gasteiger partial charge in [0, 0.05) is 38.5 Å². The molecular formula is C14H14N4O4S. The van der Waals surface area contributed by atoms with Gasteiger partial charge in [-0.25, -0.2) is 0 Å². The number of thiocarbonyl (C=S) groups is 1. The van der Waals surface area contributed by atoms with Gasteiger partial charge >= 0.3 is 0 Å². The second-order valence-corrected chi connectivity index (χ2v) is 6.20. The van der Waals surface area contributed by atoms with Crippen LogP contribution in [0, 0.1) is 15.5 Å². The number of rotatable bonds is 1. The molecule has 2 heterocycles. The summed E-state index contributed by atoms with van der Waals surface area (Å²) in [6.07, 6.45) is 0.103. The van der Waals surface area contributed by atoms with Crippen LogP contribution in [0.1, 0.15) is 5.56 Å². The zero-order valence-corrected chi connectivity index (χ0v) is 13.3. The summed E-state index contributed by atoms with van der Waals surface area (Å²) in [4.78, 5) is 38.7. The Morgan fingerprint density at radius 2 is 2.04 bits per heavy atom. The number of anilines is 1. The lowest BCUT2D eigenvalue weighted by molar-refractivity contribution is -0.384. The van der Waals surface area contributed by atoms with Crippen molar-refractivity contribution in [1.29, 1.82) is 0 Å². The number of non-ortho nitro benzene ring substituents is 1. The molecule has 23 heavy (non-hydrogen) atoms. The van der Waals surface area contributed by atoms with Gasteiger partial charge in [0.1, 0.15) is 5.41 Å². The summed E-state index contributed by atoms with van der Waals surface area (Å²) < 4.78 is 0. The van der Waals surface area contributed by atoms with Crippen LogP contribution in [0.4, 0.5) is 11.4 Å². The van der Waals surface area contributed by atoms with Crippen LogP contribution < -0.4 is 10.2 Å². The van der Waals surface area contributed by atoms with Gasteiger partial charge in [-0.3, -0.25) is 24.6 Å². The normalized spacial score (nSPS) is 23.8. The highest BCUT2D eigenvalue weighted by molar-refractivity contribution is 7.80. The molecule has 1 spiro atoms. The average molecular weight is 334 g/mol. The molecule has 0 aliphatic carbocycles. The molecule has 120 valence electrons. The Morgan fingerprint density at radius 3 is 2.70 bits per heavy atom. The van der Waals surface area contributed by atoms with Gasteiger partial charge in [0.05, 0.1) is 4.92 Å². The summed E-state index contributed by atoms with van der Waals surface area (Å²) in [5.74, 6) is -0.857. The van der Waals surface area contributed by atoms with E-state index in [4.69, 9.17) is 12.2 Å². The molecule has 1 aromatic carbocycles. The van der Waals surface area contributed by atoms with Gasteiger partial charge in [-0.05, 0) is 30.3 Å². The number of fused-ring (bicyclic) bond motifs is 1. The van der Waals surface area contributed by atoms with Crippen LogP contribution in [0.25, 0.3) is 0 Å². The van der Waals surface area contributed by atoms with Crippen molar-refractivity contribution in [3.8, 4) is 0 Å². The van der Waals surface area contributed by atoms with Crippen molar-refractivity contribution in [2.45, 2.75) is 6.42 Å². The summed E-state index contributed by atoms with van der Waals surface area (Å²) in [6.45, 7) is 0.190. The third-order valence-electron chi connectivity index (χ3n) is 4.36. The molecule has 1 saturated heterocycles. The van der Waals surface area contributed by atoms with Crippen molar-refractivity contribution in [3.05, 3.63) is 33.9 Å². The first-order chi connectivity index (χ1) is 10.8. The van der Waals surface area contributed by atoms with Crippen LogP contribution >= 0.6 is 12.2 Å². The Bertz CT molecular complexity index is 765. The van der Waals surface area contributed by atoms with Gasteiger partial charge in [-0.2, -0.15) is 0 Å². The first-order valence-electron chi connectivity index (χ1n) is 6.88. The third kappa shape index (κ3) is 2.15. The maximum Gasteiger partial charge on any atom is 0.269 e. The van der Waals surface area contributed by atoms with Crippen molar-refractivity contribution in [1.82, 2.24) is 10.2 Å². The van der Waals surface area contributed by atoms with Crippen LogP contribution in [0.2, 0.25) is 0 Å². The van der Waals surface area contributed by atoms with Crippen LogP contribution in [-0.4, -0.2) is 47.4 Å². The summed E-state index contributed by atoms with van der Waals surface area (Å²) in [7, 11) is 3.26. The number of amides is 2. The predicted molar refractivity (Wildman–Crippen MR) is 86.0 cm³/mol. The number of carbonyl (C=O) groups is 2. The van der Waals surface area contributed by atoms with E-state index in [1.54, 1.807) is 18.0 Å². The fourth-order valence-electron chi connectivity index (χ4n) is 3.18. The first kappa shape index (κ1) is 15.3. The number of nitro groups is 1. The third-order valence-corrected chi connectivity index (χ3v) is 4.73. The molecule has 2 aliphatic rings. The Morgan fingerprint density at radius 1 is 1.35 bits per heavy atom. The van der Waals surface area contributed by atoms with E-state index in [0.29, 0.717) is 5.56 Å². The molecule has 0 bridgehead atoms. The Balaban J connectivity index is 2.09. The van der Waals surface area contributed by atoms with Gasteiger partial charge in [0.25, 0.3) is 5.69 Å². The number of nitrogens with one attached hydrogen (secondary N) is 1. The maximum atomic E-state index is 12.7. The topological polar surface area (TPSA) is 95.8 Å². The van der Waals surface area contributed by atoms with E-state index in [1.165, 1.54) is 24.1 Å². The van der Waals surface area contributed by atoms with Crippen LogP contribution in [0.5, 0.6) is 0 Å². The SMILES string of the molecule is CN1C(=O)[C@]2(Cc3cc([N+](=O)[O-])ccc3N(C)C2)C(=O)NC1=S. The van der Waals surface area contributed by atoms with Crippen LogP contribution in [-0.2, 0) is 16.0 Å². The second kappa shape index (κ2) is 4.98. The molecule has 1 atom stereocenters. The molecule has 1 aromatic rings. The van der Waals surface area contributed by atoms with Crippen molar-refractivity contribution in [2.24, 2.45) is 5.41 Å². The number of nitrogens with zero attached hydrogens (tertiary/aromatic N) is 3. The predicted octanol–water partition coefficient (Wildman–Crippen LogP) is 0.447. The minimum Gasteiger partial charge on any atom is -0.373 e. The fraction of sp³-hybridized carbons (Fsp3) is 0.357. The number of nitro benzene ring substituents is 1. The van der Waals surface area contributed by atoms with Crippen LogP contribution in [0.3, 0.4) is 0 Å². The molecule has 9 heteroatoms. The second-order valence-electron chi connectivity index (χ2n) is 5.81. The summed E-state index contributed by atoms with van der Waals surface area (Å²) in [6, 6.07) is 4.47. The molecule has 0 aromatic heterocycles. The van der Waals surface area contributed by atoms with Crippen molar-refractivity contribution >= 4 is 40.5 Å².